The molecule has 0 fully saturated rings. The SMILES string of the molecule is CN(C)CCN(Cc1ccccc1)C(=O)CCCNc1ncccn1. The van der Waals surface area contributed by atoms with E-state index in [2.05, 4.69) is 32.3 Å². The molecule has 0 aliphatic rings. The van der Waals surface area contributed by atoms with Gasteiger partial charge in [-0.05, 0) is 32.1 Å². The molecule has 2 rings (SSSR count). The van der Waals surface area contributed by atoms with Crippen molar-refractivity contribution in [2.45, 2.75) is 19.4 Å². The van der Waals surface area contributed by atoms with Gasteiger partial charge in [-0.1, -0.05) is 30.3 Å². The predicted octanol–water partition coefficient (Wildman–Crippen LogP) is 2.26. The van der Waals surface area contributed by atoms with Crippen molar-refractivity contribution in [3.05, 3.63) is 54.4 Å². The average Bonchev–Trinajstić information content (AvgIpc) is 2.63. The number of nitrogens with zero attached hydrogens (tertiary/aromatic N) is 4. The van der Waals surface area contributed by atoms with Crippen LogP contribution in [0.5, 0.6) is 0 Å². The Kier molecular flexibility index (Phi) is 7.85. The molecule has 134 valence electrons. The van der Waals surface area contributed by atoms with Gasteiger partial charge >= 0.3 is 0 Å². The van der Waals surface area contributed by atoms with Crippen LogP contribution in [0.4, 0.5) is 5.95 Å². The molecular formula is C19H27N5O. The summed E-state index contributed by atoms with van der Waals surface area (Å²) in [6.07, 6.45) is 4.66. The van der Waals surface area contributed by atoms with Crippen LogP contribution >= 0.6 is 0 Å². The molecule has 6 heteroatoms. The summed E-state index contributed by atoms with van der Waals surface area (Å²) in [5, 5.41) is 3.14. The Balaban J connectivity index is 1.81. The third-order valence-corrected chi connectivity index (χ3v) is 3.80. The van der Waals surface area contributed by atoms with Gasteiger partial charge in [-0.2, -0.15) is 0 Å². The number of amides is 1. The van der Waals surface area contributed by atoms with E-state index in [9.17, 15) is 4.79 Å². The lowest BCUT2D eigenvalue weighted by Gasteiger charge is -2.24. The van der Waals surface area contributed by atoms with Crippen molar-refractivity contribution < 1.29 is 4.79 Å². The van der Waals surface area contributed by atoms with Crippen molar-refractivity contribution >= 4 is 11.9 Å². The van der Waals surface area contributed by atoms with Crippen molar-refractivity contribution in [2.24, 2.45) is 0 Å². The minimum absolute atomic E-state index is 0.182. The maximum absolute atomic E-state index is 12.6. The minimum atomic E-state index is 0.182. The molecule has 1 aromatic heterocycles. The summed E-state index contributed by atoms with van der Waals surface area (Å²) in [5.74, 6) is 0.783. The first-order chi connectivity index (χ1) is 12.1. The molecule has 0 bridgehead atoms. The molecule has 1 heterocycles. The molecule has 2 aromatic rings. The third-order valence-electron chi connectivity index (χ3n) is 3.80. The summed E-state index contributed by atoms with van der Waals surface area (Å²) in [5.41, 5.74) is 1.16. The second-order valence-electron chi connectivity index (χ2n) is 6.21. The van der Waals surface area contributed by atoms with Gasteiger partial charge in [0.15, 0.2) is 0 Å². The maximum Gasteiger partial charge on any atom is 0.222 e. The van der Waals surface area contributed by atoms with Gasteiger partial charge in [0.1, 0.15) is 0 Å². The first-order valence-corrected chi connectivity index (χ1v) is 8.62. The molecule has 6 nitrogen and oxygen atoms in total. The standard InChI is InChI=1S/C19H27N5O/c1-23(2)14-15-24(16-17-8-4-3-5-9-17)18(25)10-6-11-20-19-21-12-7-13-22-19/h3-5,7-9,12-13H,6,10-11,14-16H2,1-2H3,(H,20,21,22). The summed E-state index contributed by atoms with van der Waals surface area (Å²) in [7, 11) is 4.05. The van der Waals surface area contributed by atoms with Crippen LogP contribution in [0.3, 0.4) is 0 Å². The highest BCUT2D eigenvalue weighted by molar-refractivity contribution is 5.76. The Morgan fingerprint density at radius 1 is 1.04 bits per heavy atom. The predicted molar refractivity (Wildman–Crippen MR) is 100 cm³/mol. The maximum atomic E-state index is 12.6. The van der Waals surface area contributed by atoms with E-state index in [0.29, 0.717) is 25.5 Å². The summed E-state index contributed by atoms with van der Waals surface area (Å²) in [4.78, 5) is 24.9. The Morgan fingerprint density at radius 3 is 2.44 bits per heavy atom. The Morgan fingerprint density at radius 2 is 1.76 bits per heavy atom. The quantitative estimate of drug-likeness (QED) is 0.672. The van der Waals surface area contributed by atoms with E-state index in [1.807, 2.05) is 37.2 Å². The van der Waals surface area contributed by atoms with Gasteiger partial charge in [0.2, 0.25) is 11.9 Å². The van der Waals surface area contributed by atoms with Gasteiger partial charge in [-0.3, -0.25) is 4.79 Å². The number of likely N-dealkylation sites (N-methyl/N-ethyl adjacent to an activating group) is 1. The van der Waals surface area contributed by atoms with Crippen molar-refractivity contribution in [3.8, 4) is 0 Å². The fourth-order valence-electron chi connectivity index (χ4n) is 2.40. The van der Waals surface area contributed by atoms with Gasteiger partial charge in [0, 0.05) is 45.0 Å². The number of nitrogens with one attached hydrogen (secondary N) is 1. The molecule has 0 radical (unpaired) electrons. The Bertz CT molecular complexity index is 618. The van der Waals surface area contributed by atoms with Crippen LogP contribution in [0.1, 0.15) is 18.4 Å². The zero-order valence-electron chi connectivity index (χ0n) is 15.1. The largest absolute Gasteiger partial charge is 0.354 e. The van der Waals surface area contributed by atoms with E-state index in [0.717, 1.165) is 25.1 Å². The second-order valence-corrected chi connectivity index (χ2v) is 6.21. The molecule has 0 spiro atoms. The summed E-state index contributed by atoms with van der Waals surface area (Å²) in [6.45, 7) is 2.93. The number of rotatable bonds is 10. The summed E-state index contributed by atoms with van der Waals surface area (Å²) < 4.78 is 0. The topological polar surface area (TPSA) is 61.4 Å². The molecule has 1 N–H and O–H groups in total. The van der Waals surface area contributed by atoms with Crippen LogP contribution in [-0.2, 0) is 11.3 Å². The van der Waals surface area contributed by atoms with E-state index < -0.39 is 0 Å². The summed E-state index contributed by atoms with van der Waals surface area (Å²) in [6, 6.07) is 11.9. The second kappa shape index (κ2) is 10.4. The molecule has 25 heavy (non-hydrogen) atoms. The number of hydrogen-bond acceptors (Lipinski definition) is 5. The number of anilines is 1. The Hall–Kier alpha value is -2.47. The monoisotopic (exact) mass is 341 g/mol. The van der Waals surface area contributed by atoms with Crippen LogP contribution in [-0.4, -0.2) is 59.4 Å². The lowest BCUT2D eigenvalue weighted by atomic mass is 10.2. The van der Waals surface area contributed by atoms with Gasteiger partial charge in [-0.15, -0.1) is 0 Å². The van der Waals surface area contributed by atoms with Crippen LogP contribution in [0.2, 0.25) is 0 Å². The third kappa shape index (κ3) is 7.30. The van der Waals surface area contributed by atoms with Crippen molar-refractivity contribution in [1.82, 2.24) is 19.8 Å². The number of hydrogen-bond donors (Lipinski definition) is 1. The molecular weight excluding hydrogens is 314 g/mol. The first-order valence-electron chi connectivity index (χ1n) is 8.62. The zero-order chi connectivity index (χ0) is 17.9. The molecule has 0 aliphatic carbocycles. The first kappa shape index (κ1) is 18.9. The zero-order valence-corrected chi connectivity index (χ0v) is 15.1. The van der Waals surface area contributed by atoms with Crippen molar-refractivity contribution in [2.75, 3.05) is 39.0 Å². The molecule has 0 aliphatic heterocycles. The smallest absolute Gasteiger partial charge is 0.222 e. The number of carbonyl (C=O) groups is 1. The van der Waals surface area contributed by atoms with Gasteiger partial charge in [-0.25, -0.2) is 9.97 Å². The van der Waals surface area contributed by atoms with E-state index in [1.165, 1.54) is 0 Å². The molecule has 0 atom stereocenters. The molecule has 1 aromatic carbocycles. The van der Waals surface area contributed by atoms with Crippen LogP contribution in [0.15, 0.2) is 48.8 Å². The van der Waals surface area contributed by atoms with Crippen molar-refractivity contribution in [1.29, 1.82) is 0 Å². The molecule has 1 amide bonds. The molecule has 0 unspecified atom stereocenters. The fourth-order valence-corrected chi connectivity index (χ4v) is 2.40. The lowest BCUT2D eigenvalue weighted by Crippen LogP contribution is -2.36. The highest BCUT2D eigenvalue weighted by Gasteiger charge is 2.14. The Labute approximate surface area is 149 Å². The van der Waals surface area contributed by atoms with E-state index >= 15 is 0 Å². The highest BCUT2D eigenvalue weighted by Crippen LogP contribution is 2.08. The number of benzene rings is 1. The van der Waals surface area contributed by atoms with E-state index in [4.69, 9.17) is 0 Å². The number of carbonyl (C=O) groups excluding carboxylic acids is 1. The fraction of sp³-hybridized carbons (Fsp3) is 0.421. The van der Waals surface area contributed by atoms with E-state index in [1.54, 1.807) is 18.5 Å². The van der Waals surface area contributed by atoms with Gasteiger partial charge in [0.25, 0.3) is 0 Å². The lowest BCUT2D eigenvalue weighted by molar-refractivity contribution is -0.132. The summed E-state index contributed by atoms with van der Waals surface area (Å²) >= 11 is 0. The molecule has 0 saturated carbocycles. The van der Waals surface area contributed by atoms with Crippen LogP contribution in [0.25, 0.3) is 0 Å². The van der Waals surface area contributed by atoms with Crippen LogP contribution in [0, 0.1) is 0 Å². The number of aromatic nitrogens is 2. The average molecular weight is 341 g/mol. The van der Waals surface area contributed by atoms with E-state index in [-0.39, 0.29) is 5.91 Å². The van der Waals surface area contributed by atoms with Gasteiger partial charge in [0.05, 0.1) is 0 Å². The van der Waals surface area contributed by atoms with Gasteiger partial charge < -0.3 is 15.1 Å². The minimum Gasteiger partial charge on any atom is -0.354 e. The normalized spacial score (nSPS) is 10.7. The van der Waals surface area contributed by atoms with Crippen molar-refractivity contribution in [3.63, 3.8) is 0 Å². The van der Waals surface area contributed by atoms with Crippen LogP contribution < -0.4 is 5.32 Å². The highest BCUT2D eigenvalue weighted by atomic mass is 16.2. The molecule has 0 saturated heterocycles.